The van der Waals surface area contributed by atoms with E-state index in [4.69, 9.17) is 4.42 Å². The number of hydrogen-bond acceptors (Lipinski definition) is 3. The maximum absolute atomic E-state index is 12.2. The molecule has 1 aliphatic carbocycles. The molecule has 1 aliphatic rings. The van der Waals surface area contributed by atoms with Gasteiger partial charge in [0.15, 0.2) is 0 Å². The Morgan fingerprint density at radius 3 is 2.67 bits per heavy atom. The third kappa shape index (κ3) is 2.50. The van der Waals surface area contributed by atoms with E-state index in [9.17, 15) is 4.55 Å². The third-order valence-electron chi connectivity index (χ3n) is 3.32. The highest BCUT2D eigenvalue weighted by Gasteiger charge is 2.37. The number of furan rings is 1. The average molecular weight is 267 g/mol. The van der Waals surface area contributed by atoms with Crippen molar-refractivity contribution < 1.29 is 8.97 Å². The van der Waals surface area contributed by atoms with Crippen molar-refractivity contribution in [2.75, 3.05) is 0 Å². The van der Waals surface area contributed by atoms with Crippen molar-refractivity contribution in [3.05, 3.63) is 23.7 Å². The molecule has 1 aromatic heterocycles. The molecule has 0 fully saturated rings. The van der Waals surface area contributed by atoms with E-state index >= 15 is 0 Å². The fourth-order valence-electron chi connectivity index (χ4n) is 2.05. The molecule has 1 unspecified atom stereocenters. The van der Waals surface area contributed by atoms with Crippen molar-refractivity contribution in [2.24, 2.45) is 9.81 Å². The molecule has 1 heterocycles. The van der Waals surface area contributed by atoms with Gasteiger partial charge in [0.2, 0.25) is 0 Å². The Morgan fingerprint density at radius 1 is 1.39 bits per heavy atom. The SMILES string of the molecule is CC1(C)CCc2occc2/C1=N\[S+]([O-])C(C)(C)C. The molecule has 0 radical (unpaired) electrons. The van der Waals surface area contributed by atoms with Gasteiger partial charge in [-0.05, 0) is 33.3 Å². The zero-order chi connectivity index (χ0) is 13.6. The smallest absolute Gasteiger partial charge is 0.144 e. The van der Waals surface area contributed by atoms with Gasteiger partial charge in [-0.1, -0.05) is 18.2 Å². The van der Waals surface area contributed by atoms with Crippen LogP contribution in [0.1, 0.15) is 52.4 Å². The lowest BCUT2D eigenvalue weighted by atomic mass is 9.75. The van der Waals surface area contributed by atoms with Gasteiger partial charge in [0, 0.05) is 17.4 Å². The van der Waals surface area contributed by atoms with E-state index in [1.54, 1.807) is 6.26 Å². The molecule has 0 bridgehead atoms. The number of nitrogens with zero attached hydrogens (tertiary/aromatic N) is 1. The van der Waals surface area contributed by atoms with Crippen LogP contribution in [0.4, 0.5) is 0 Å². The lowest BCUT2D eigenvalue weighted by Crippen LogP contribution is -2.34. The second kappa shape index (κ2) is 4.42. The second-order valence-electron chi connectivity index (χ2n) is 6.44. The molecule has 1 aromatic rings. The van der Waals surface area contributed by atoms with Crippen LogP contribution < -0.4 is 0 Å². The van der Waals surface area contributed by atoms with Gasteiger partial charge in [0.05, 0.1) is 6.26 Å². The molecule has 0 aromatic carbocycles. The summed E-state index contributed by atoms with van der Waals surface area (Å²) in [7, 11) is 0. The first-order chi connectivity index (χ1) is 8.22. The van der Waals surface area contributed by atoms with Crippen LogP contribution in [0.2, 0.25) is 0 Å². The molecule has 4 heteroatoms. The standard InChI is InChI=1S/C14H21NO2S/c1-13(2,3)18(16)15-12-10-7-9-17-11(10)6-8-14(12,4)5/h7,9H,6,8H2,1-5H3/b15-12+. The maximum Gasteiger partial charge on any atom is 0.144 e. The van der Waals surface area contributed by atoms with Gasteiger partial charge in [0.1, 0.15) is 27.6 Å². The molecule has 1 atom stereocenters. The molecular formula is C14H21NO2S. The monoisotopic (exact) mass is 267 g/mol. The minimum atomic E-state index is -1.23. The number of hydrogen-bond donors (Lipinski definition) is 0. The lowest BCUT2D eigenvalue weighted by molar-refractivity contribution is 0.415. The molecule has 0 saturated heterocycles. The number of aryl methyl sites for hydroxylation is 1. The number of rotatable bonds is 1. The van der Waals surface area contributed by atoms with Crippen LogP contribution in [0.3, 0.4) is 0 Å². The zero-order valence-corrected chi connectivity index (χ0v) is 12.6. The summed E-state index contributed by atoms with van der Waals surface area (Å²) in [6.07, 6.45) is 3.60. The van der Waals surface area contributed by atoms with E-state index in [-0.39, 0.29) is 10.2 Å². The summed E-state index contributed by atoms with van der Waals surface area (Å²) in [5, 5.41) is 0. The van der Waals surface area contributed by atoms with Gasteiger partial charge in [0.25, 0.3) is 0 Å². The molecule has 100 valence electrons. The topological polar surface area (TPSA) is 48.6 Å². The molecule has 0 spiro atoms. The van der Waals surface area contributed by atoms with Crippen LogP contribution in [0.15, 0.2) is 21.1 Å². The Labute approximate surface area is 112 Å². The van der Waals surface area contributed by atoms with Gasteiger partial charge >= 0.3 is 0 Å². The van der Waals surface area contributed by atoms with E-state index in [0.717, 1.165) is 29.9 Å². The van der Waals surface area contributed by atoms with E-state index in [0.29, 0.717) is 0 Å². The van der Waals surface area contributed by atoms with Crippen molar-refractivity contribution in [2.45, 2.75) is 52.2 Å². The Bertz CT molecular complexity index is 468. The normalized spacial score (nSPS) is 22.9. The fourth-order valence-corrected chi connectivity index (χ4v) is 2.83. The first-order valence-corrected chi connectivity index (χ1v) is 7.40. The highest BCUT2D eigenvalue weighted by Crippen LogP contribution is 2.37. The van der Waals surface area contributed by atoms with E-state index in [1.807, 2.05) is 26.8 Å². The van der Waals surface area contributed by atoms with Crippen LogP contribution in [0.25, 0.3) is 0 Å². The highest BCUT2D eigenvalue weighted by atomic mass is 32.2. The summed E-state index contributed by atoms with van der Waals surface area (Å²) >= 11 is -1.23. The molecule has 0 amide bonds. The molecule has 0 aliphatic heterocycles. The van der Waals surface area contributed by atoms with Crippen molar-refractivity contribution >= 4 is 17.1 Å². The van der Waals surface area contributed by atoms with Crippen LogP contribution >= 0.6 is 0 Å². The number of fused-ring (bicyclic) bond motifs is 1. The van der Waals surface area contributed by atoms with Crippen LogP contribution in [-0.4, -0.2) is 15.0 Å². The van der Waals surface area contributed by atoms with Gasteiger partial charge in [-0.25, -0.2) is 0 Å². The van der Waals surface area contributed by atoms with E-state index in [2.05, 4.69) is 18.2 Å². The maximum atomic E-state index is 12.2. The largest absolute Gasteiger partial charge is 0.591 e. The summed E-state index contributed by atoms with van der Waals surface area (Å²) in [4.78, 5) is 0. The molecule has 0 saturated carbocycles. The summed E-state index contributed by atoms with van der Waals surface area (Å²) < 4.78 is 21.9. The average Bonchev–Trinajstić information content (AvgIpc) is 2.68. The Balaban J connectivity index is 2.45. The second-order valence-corrected chi connectivity index (χ2v) is 8.35. The predicted molar refractivity (Wildman–Crippen MR) is 75.2 cm³/mol. The quantitative estimate of drug-likeness (QED) is 0.731. The van der Waals surface area contributed by atoms with Crippen LogP contribution in [-0.2, 0) is 17.8 Å². The minimum absolute atomic E-state index is 0.0439. The molecule has 18 heavy (non-hydrogen) atoms. The van der Waals surface area contributed by atoms with E-state index < -0.39 is 11.4 Å². The van der Waals surface area contributed by atoms with Crippen molar-refractivity contribution in [1.29, 1.82) is 0 Å². The summed E-state index contributed by atoms with van der Waals surface area (Å²) in [6, 6.07) is 1.94. The van der Waals surface area contributed by atoms with Crippen LogP contribution in [0.5, 0.6) is 0 Å². The Hall–Kier alpha value is -0.740. The van der Waals surface area contributed by atoms with Gasteiger partial charge in [-0.2, -0.15) is 0 Å². The third-order valence-corrected chi connectivity index (χ3v) is 4.71. The zero-order valence-electron chi connectivity index (χ0n) is 11.7. The minimum Gasteiger partial charge on any atom is -0.591 e. The van der Waals surface area contributed by atoms with Crippen molar-refractivity contribution in [1.82, 2.24) is 0 Å². The first kappa shape index (κ1) is 13.7. The molecule has 2 rings (SSSR count). The Morgan fingerprint density at radius 2 is 2.06 bits per heavy atom. The molecular weight excluding hydrogens is 246 g/mol. The van der Waals surface area contributed by atoms with Crippen molar-refractivity contribution in [3.63, 3.8) is 0 Å². The summed E-state index contributed by atoms with van der Waals surface area (Å²) in [6.45, 7) is 10.1. The van der Waals surface area contributed by atoms with Gasteiger partial charge in [-0.15, -0.1) is 0 Å². The molecule has 3 nitrogen and oxygen atoms in total. The van der Waals surface area contributed by atoms with Crippen LogP contribution in [0, 0.1) is 5.41 Å². The summed E-state index contributed by atoms with van der Waals surface area (Å²) in [5.74, 6) is 0.971. The Kier molecular flexibility index (Phi) is 3.36. The predicted octanol–water partition coefficient (Wildman–Crippen LogP) is 3.50. The van der Waals surface area contributed by atoms with Crippen molar-refractivity contribution in [3.8, 4) is 0 Å². The highest BCUT2D eigenvalue weighted by molar-refractivity contribution is 7.91. The van der Waals surface area contributed by atoms with Gasteiger partial charge < -0.3 is 8.97 Å². The van der Waals surface area contributed by atoms with E-state index in [1.165, 1.54) is 0 Å². The fraction of sp³-hybridized carbons (Fsp3) is 0.643. The summed E-state index contributed by atoms with van der Waals surface area (Å²) in [5.41, 5.74) is 1.91. The first-order valence-electron chi connectivity index (χ1n) is 6.30. The van der Waals surface area contributed by atoms with Gasteiger partial charge in [-0.3, -0.25) is 0 Å². The molecule has 0 N–H and O–H groups in total. The lowest BCUT2D eigenvalue weighted by Gasteiger charge is -2.31.